The Labute approximate surface area is 144 Å². The molecule has 2 aliphatic rings. The number of Topliss-reactive ketones (excluding diaryl/α,β-unsaturated/α-hetero) is 1. The average Bonchev–Trinajstić information content (AvgIpc) is 2.77. The molecule has 0 N–H and O–H groups in total. The zero-order valence-corrected chi connectivity index (χ0v) is 15.7. The normalized spacial score (nSPS) is 27.5. The number of hydrogen-bond acceptors (Lipinski definition) is 2. The van der Waals surface area contributed by atoms with Gasteiger partial charge in [0, 0.05) is 24.4 Å². The summed E-state index contributed by atoms with van der Waals surface area (Å²) in [4.78, 5) is 15.0. The average molecular weight is 322 g/mol. The second kappa shape index (κ2) is 10.5. The number of piperidine rings is 1. The SMILES string of the molecule is CCCCCCCCCCCCC(=O)C1CC2CCC(C1)N2C. The minimum Gasteiger partial charge on any atom is -0.300 e. The summed E-state index contributed by atoms with van der Waals surface area (Å²) in [7, 11) is 2.26. The summed E-state index contributed by atoms with van der Waals surface area (Å²) < 4.78 is 0. The summed E-state index contributed by atoms with van der Waals surface area (Å²) in [5.41, 5.74) is 0. The molecule has 2 nitrogen and oxygen atoms in total. The minimum absolute atomic E-state index is 0.391. The Morgan fingerprint density at radius 1 is 0.826 bits per heavy atom. The van der Waals surface area contributed by atoms with Crippen molar-refractivity contribution in [3.8, 4) is 0 Å². The molecule has 0 aromatic carbocycles. The van der Waals surface area contributed by atoms with Gasteiger partial charge in [-0.25, -0.2) is 0 Å². The van der Waals surface area contributed by atoms with E-state index in [1.54, 1.807) is 0 Å². The van der Waals surface area contributed by atoms with E-state index in [1.807, 2.05) is 0 Å². The quantitative estimate of drug-likeness (QED) is 0.427. The molecule has 2 heterocycles. The summed E-state index contributed by atoms with van der Waals surface area (Å²) in [6.07, 6.45) is 19.3. The fourth-order valence-corrected chi connectivity index (χ4v) is 4.67. The summed E-state index contributed by atoms with van der Waals surface area (Å²) in [6.45, 7) is 2.28. The maximum atomic E-state index is 12.4. The maximum absolute atomic E-state index is 12.4. The molecule has 0 spiro atoms. The topological polar surface area (TPSA) is 20.3 Å². The van der Waals surface area contributed by atoms with Crippen LogP contribution in [0.2, 0.25) is 0 Å². The molecule has 0 aromatic heterocycles. The first-order valence-corrected chi connectivity index (χ1v) is 10.5. The molecule has 23 heavy (non-hydrogen) atoms. The van der Waals surface area contributed by atoms with Gasteiger partial charge in [-0.1, -0.05) is 64.7 Å². The molecule has 2 unspecified atom stereocenters. The van der Waals surface area contributed by atoms with E-state index < -0.39 is 0 Å². The predicted octanol–water partition coefficient (Wildman–Crippen LogP) is 5.74. The smallest absolute Gasteiger partial charge is 0.136 e. The highest BCUT2D eigenvalue weighted by Crippen LogP contribution is 2.38. The van der Waals surface area contributed by atoms with Gasteiger partial charge >= 0.3 is 0 Å². The first kappa shape index (κ1) is 19.0. The van der Waals surface area contributed by atoms with E-state index in [2.05, 4.69) is 18.9 Å². The molecule has 2 fully saturated rings. The van der Waals surface area contributed by atoms with Crippen LogP contribution in [0.25, 0.3) is 0 Å². The highest BCUT2D eigenvalue weighted by atomic mass is 16.1. The van der Waals surface area contributed by atoms with Gasteiger partial charge in [-0.15, -0.1) is 0 Å². The lowest BCUT2D eigenvalue weighted by molar-refractivity contribution is -0.125. The highest BCUT2D eigenvalue weighted by Gasteiger charge is 2.40. The lowest BCUT2D eigenvalue weighted by Crippen LogP contribution is -2.42. The van der Waals surface area contributed by atoms with Gasteiger partial charge in [0.05, 0.1) is 0 Å². The van der Waals surface area contributed by atoms with Crippen LogP contribution < -0.4 is 0 Å². The van der Waals surface area contributed by atoms with Crippen molar-refractivity contribution in [2.75, 3.05) is 7.05 Å². The van der Waals surface area contributed by atoms with E-state index in [0.717, 1.165) is 25.7 Å². The van der Waals surface area contributed by atoms with Crippen LogP contribution in [0.4, 0.5) is 0 Å². The third-order valence-corrected chi connectivity index (χ3v) is 6.33. The molecule has 2 atom stereocenters. The van der Waals surface area contributed by atoms with Gasteiger partial charge in [-0.05, 0) is 39.2 Å². The highest BCUT2D eigenvalue weighted by molar-refractivity contribution is 5.81. The monoisotopic (exact) mass is 321 g/mol. The molecule has 2 aliphatic heterocycles. The van der Waals surface area contributed by atoms with E-state index in [1.165, 1.54) is 70.6 Å². The number of nitrogens with zero attached hydrogens (tertiary/aromatic N) is 1. The molecule has 2 heteroatoms. The molecule has 0 aliphatic carbocycles. The number of fused-ring (bicyclic) bond motifs is 2. The summed E-state index contributed by atoms with van der Waals surface area (Å²) >= 11 is 0. The molecule has 0 radical (unpaired) electrons. The minimum atomic E-state index is 0.391. The van der Waals surface area contributed by atoms with Gasteiger partial charge in [-0.2, -0.15) is 0 Å². The molecule has 2 saturated heterocycles. The Morgan fingerprint density at radius 2 is 1.30 bits per heavy atom. The third-order valence-electron chi connectivity index (χ3n) is 6.33. The van der Waals surface area contributed by atoms with Crippen molar-refractivity contribution in [3.05, 3.63) is 0 Å². The number of ketones is 1. The Kier molecular flexibility index (Phi) is 8.64. The van der Waals surface area contributed by atoms with E-state index in [0.29, 0.717) is 23.8 Å². The van der Waals surface area contributed by atoms with Crippen molar-refractivity contribution in [3.63, 3.8) is 0 Å². The van der Waals surface area contributed by atoms with Crippen LogP contribution in [-0.4, -0.2) is 29.8 Å². The summed E-state index contributed by atoms with van der Waals surface area (Å²) in [6, 6.07) is 1.41. The van der Waals surface area contributed by atoms with Gasteiger partial charge in [-0.3, -0.25) is 4.79 Å². The van der Waals surface area contributed by atoms with Crippen molar-refractivity contribution in [2.45, 2.75) is 115 Å². The molecule has 0 saturated carbocycles. The van der Waals surface area contributed by atoms with E-state index in [4.69, 9.17) is 0 Å². The Hall–Kier alpha value is -0.370. The molecular weight excluding hydrogens is 282 g/mol. The van der Waals surface area contributed by atoms with Crippen molar-refractivity contribution in [2.24, 2.45) is 5.92 Å². The number of hydrogen-bond donors (Lipinski definition) is 0. The van der Waals surface area contributed by atoms with Crippen LogP contribution in [0.15, 0.2) is 0 Å². The van der Waals surface area contributed by atoms with Crippen LogP contribution in [0.5, 0.6) is 0 Å². The molecule has 2 bridgehead atoms. The third kappa shape index (κ3) is 6.21. The molecule has 2 rings (SSSR count). The van der Waals surface area contributed by atoms with Gasteiger partial charge in [0.1, 0.15) is 5.78 Å². The Balaban J connectivity index is 1.45. The molecule has 0 aromatic rings. The second-order valence-electron chi connectivity index (χ2n) is 8.12. The Morgan fingerprint density at radius 3 is 1.83 bits per heavy atom. The first-order valence-electron chi connectivity index (χ1n) is 10.5. The van der Waals surface area contributed by atoms with Crippen molar-refractivity contribution < 1.29 is 4.79 Å². The van der Waals surface area contributed by atoms with Gasteiger partial charge in [0.25, 0.3) is 0 Å². The van der Waals surface area contributed by atoms with Gasteiger partial charge < -0.3 is 4.90 Å². The summed E-state index contributed by atoms with van der Waals surface area (Å²) in [5.74, 6) is 0.969. The standard InChI is InChI=1S/C21H39NO/c1-3-4-5-6-7-8-9-10-11-12-13-21(23)18-16-19-14-15-20(17-18)22(19)2/h18-20H,3-17H2,1-2H3. The fraction of sp³-hybridized carbons (Fsp3) is 0.952. The van der Waals surface area contributed by atoms with Crippen molar-refractivity contribution >= 4 is 5.78 Å². The van der Waals surface area contributed by atoms with Crippen molar-refractivity contribution in [1.29, 1.82) is 0 Å². The van der Waals surface area contributed by atoms with Gasteiger partial charge in [0.2, 0.25) is 0 Å². The van der Waals surface area contributed by atoms with E-state index >= 15 is 0 Å². The van der Waals surface area contributed by atoms with Crippen LogP contribution in [0.3, 0.4) is 0 Å². The van der Waals surface area contributed by atoms with Crippen LogP contribution in [-0.2, 0) is 4.79 Å². The number of carbonyl (C=O) groups is 1. The lowest BCUT2D eigenvalue weighted by Gasteiger charge is -2.35. The predicted molar refractivity (Wildman–Crippen MR) is 98.8 cm³/mol. The largest absolute Gasteiger partial charge is 0.300 e. The van der Waals surface area contributed by atoms with E-state index in [-0.39, 0.29) is 0 Å². The zero-order chi connectivity index (χ0) is 16.5. The number of unbranched alkanes of at least 4 members (excludes halogenated alkanes) is 9. The van der Waals surface area contributed by atoms with E-state index in [9.17, 15) is 4.79 Å². The maximum Gasteiger partial charge on any atom is 0.136 e. The molecular formula is C21H39NO. The zero-order valence-electron chi connectivity index (χ0n) is 15.7. The van der Waals surface area contributed by atoms with Crippen LogP contribution in [0.1, 0.15) is 103 Å². The van der Waals surface area contributed by atoms with Crippen molar-refractivity contribution in [1.82, 2.24) is 4.90 Å². The lowest BCUT2D eigenvalue weighted by atomic mass is 9.86. The Bertz CT molecular complexity index is 327. The second-order valence-corrected chi connectivity index (χ2v) is 8.12. The van der Waals surface area contributed by atoms with Gasteiger partial charge in [0.15, 0.2) is 0 Å². The first-order chi connectivity index (χ1) is 11.2. The van der Waals surface area contributed by atoms with Crippen LogP contribution in [0, 0.1) is 5.92 Å². The molecule has 134 valence electrons. The number of carbonyl (C=O) groups excluding carboxylic acids is 1. The molecule has 0 amide bonds. The summed E-state index contributed by atoms with van der Waals surface area (Å²) in [5, 5.41) is 0. The fourth-order valence-electron chi connectivity index (χ4n) is 4.67. The van der Waals surface area contributed by atoms with Crippen LogP contribution >= 0.6 is 0 Å². The number of rotatable bonds is 12.